The first-order valence-corrected chi connectivity index (χ1v) is 6.86. The van der Waals surface area contributed by atoms with Gasteiger partial charge in [-0.05, 0) is 17.7 Å². The largest absolute Gasteiger partial charge is 0.395 e. The second kappa shape index (κ2) is 7.10. The van der Waals surface area contributed by atoms with E-state index in [9.17, 15) is 23.8 Å². The van der Waals surface area contributed by atoms with E-state index in [1.165, 1.54) is 6.07 Å². The van der Waals surface area contributed by atoms with Crippen molar-refractivity contribution < 1.29 is 28.9 Å². The molecule has 1 aromatic rings. The molecule has 1 amide bonds. The van der Waals surface area contributed by atoms with Crippen LogP contribution in [0.25, 0.3) is 0 Å². The molecule has 0 aliphatic carbocycles. The highest BCUT2D eigenvalue weighted by atomic mass is 19.2. The molecule has 1 aliphatic heterocycles. The number of aliphatic hydroxyl groups excluding tert-OH is 3. The number of hydrogen-bond donors (Lipinski definition) is 5. The Kier molecular flexibility index (Phi) is 5.41. The van der Waals surface area contributed by atoms with Crippen LogP contribution in [-0.2, 0) is 11.2 Å². The highest BCUT2D eigenvalue weighted by Crippen LogP contribution is 2.14. The number of halogens is 2. The molecule has 0 saturated carbocycles. The van der Waals surface area contributed by atoms with Gasteiger partial charge in [-0.3, -0.25) is 4.79 Å². The van der Waals surface area contributed by atoms with Crippen LogP contribution in [0.15, 0.2) is 18.2 Å². The Bertz CT molecular complexity index is 544. The van der Waals surface area contributed by atoms with Crippen LogP contribution in [0.3, 0.4) is 0 Å². The van der Waals surface area contributed by atoms with Crippen LogP contribution < -0.4 is 10.6 Å². The molecule has 1 aliphatic rings. The monoisotopic (exact) mass is 316 g/mol. The van der Waals surface area contributed by atoms with E-state index in [-0.39, 0.29) is 19.6 Å². The number of carbonyl (C=O) groups is 1. The zero-order chi connectivity index (χ0) is 16.3. The van der Waals surface area contributed by atoms with Gasteiger partial charge in [0.2, 0.25) is 5.91 Å². The molecule has 6 nitrogen and oxygen atoms in total. The molecule has 22 heavy (non-hydrogen) atoms. The van der Waals surface area contributed by atoms with Crippen molar-refractivity contribution in [3.05, 3.63) is 35.4 Å². The van der Waals surface area contributed by atoms with Gasteiger partial charge >= 0.3 is 0 Å². The summed E-state index contributed by atoms with van der Waals surface area (Å²) in [4.78, 5) is 11.8. The van der Waals surface area contributed by atoms with E-state index >= 15 is 0 Å². The lowest BCUT2D eigenvalue weighted by molar-refractivity contribution is -0.120. The fraction of sp³-hybridized carbons (Fsp3) is 0.500. The zero-order valence-corrected chi connectivity index (χ0v) is 11.7. The van der Waals surface area contributed by atoms with E-state index in [1.807, 2.05) is 0 Å². The van der Waals surface area contributed by atoms with Crippen LogP contribution in [0.1, 0.15) is 5.56 Å². The summed E-state index contributed by atoms with van der Waals surface area (Å²) in [5.41, 5.74) is 0.324. The number of carbonyl (C=O) groups excluding carboxylic acids is 1. The van der Waals surface area contributed by atoms with Crippen molar-refractivity contribution in [2.75, 3.05) is 13.2 Å². The molecule has 8 heteroatoms. The first-order valence-electron chi connectivity index (χ1n) is 6.86. The summed E-state index contributed by atoms with van der Waals surface area (Å²) in [6.07, 6.45) is -2.36. The van der Waals surface area contributed by atoms with Crippen LogP contribution in [0, 0.1) is 11.6 Å². The standard InChI is InChI=1S/C14H18F2N2O4/c15-8-2-1-7(3-9(8)16)4-12(20)17-5-10-13(21)14(22)11(6-19)18-10/h1-3,10-11,13-14,18-19,21-22H,4-6H2,(H,17,20)/t10-,11-,13-,14-/m1/s1. The predicted molar refractivity (Wildman–Crippen MR) is 72.9 cm³/mol. The van der Waals surface area contributed by atoms with Crippen LogP contribution >= 0.6 is 0 Å². The minimum absolute atomic E-state index is 0.0389. The first kappa shape index (κ1) is 16.8. The normalized spacial score (nSPS) is 27.9. The Morgan fingerprint density at radius 2 is 1.86 bits per heavy atom. The number of rotatable bonds is 5. The molecule has 1 aromatic carbocycles. The maximum Gasteiger partial charge on any atom is 0.224 e. The van der Waals surface area contributed by atoms with E-state index < -0.39 is 41.8 Å². The molecular weight excluding hydrogens is 298 g/mol. The Morgan fingerprint density at radius 3 is 2.45 bits per heavy atom. The molecule has 0 radical (unpaired) electrons. The van der Waals surface area contributed by atoms with E-state index in [1.54, 1.807) is 0 Å². The van der Waals surface area contributed by atoms with Crippen LogP contribution in [0.5, 0.6) is 0 Å². The molecule has 5 N–H and O–H groups in total. The highest BCUT2D eigenvalue weighted by molar-refractivity contribution is 5.78. The molecule has 1 heterocycles. The average Bonchev–Trinajstić information content (AvgIpc) is 2.76. The van der Waals surface area contributed by atoms with Crippen LogP contribution in [0.4, 0.5) is 8.78 Å². The van der Waals surface area contributed by atoms with E-state index in [0.29, 0.717) is 5.56 Å². The number of amides is 1. The average molecular weight is 316 g/mol. The molecule has 2 rings (SSSR count). The van der Waals surface area contributed by atoms with Gasteiger partial charge in [0.25, 0.3) is 0 Å². The van der Waals surface area contributed by atoms with Gasteiger partial charge in [0, 0.05) is 6.54 Å². The SMILES string of the molecule is O=C(Cc1ccc(F)c(F)c1)NC[C@H]1N[C@H](CO)[C@@H](O)[C@@H]1O. The van der Waals surface area contributed by atoms with Crippen molar-refractivity contribution in [3.63, 3.8) is 0 Å². The van der Waals surface area contributed by atoms with Crippen LogP contribution in [0.2, 0.25) is 0 Å². The Balaban J connectivity index is 1.84. The Labute approximate surface area is 125 Å². The van der Waals surface area contributed by atoms with Gasteiger partial charge in [0.1, 0.15) is 0 Å². The molecule has 122 valence electrons. The van der Waals surface area contributed by atoms with Crippen LogP contribution in [-0.4, -0.2) is 58.7 Å². The van der Waals surface area contributed by atoms with E-state index in [0.717, 1.165) is 12.1 Å². The molecule has 4 atom stereocenters. The number of hydrogen-bond acceptors (Lipinski definition) is 5. The van der Waals surface area contributed by atoms with Crippen molar-refractivity contribution in [2.45, 2.75) is 30.7 Å². The summed E-state index contributed by atoms with van der Waals surface area (Å²) in [6, 6.07) is 1.96. The topological polar surface area (TPSA) is 102 Å². The fourth-order valence-corrected chi connectivity index (χ4v) is 2.41. The second-order valence-electron chi connectivity index (χ2n) is 5.27. The maximum atomic E-state index is 13.0. The van der Waals surface area contributed by atoms with Gasteiger partial charge < -0.3 is 26.0 Å². The minimum Gasteiger partial charge on any atom is -0.395 e. The van der Waals surface area contributed by atoms with Crippen molar-refractivity contribution in [1.82, 2.24) is 10.6 Å². The minimum atomic E-state index is -1.11. The van der Waals surface area contributed by atoms with Crippen molar-refractivity contribution in [2.24, 2.45) is 0 Å². The smallest absolute Gasteiger partial charge is 0.224 e. The predicted octanol–water partition coefficient (Wildman–Crippen LogP) is -1.32. The maximum absolute atomic E-state index is 13.0. The summed E-state index contributed by atoms with van der Waals surface area (Å²) in [6.45, 7) is -0.297. The summed E-state index contributed by atoms with van der Waals surface area (Å²) in [5.74, 6) is -2.43. The Hall–Kier alpha value is -1.61. The molecule has 0 bridgehead atoms. The van der Waals surface area contributed by atoms with E-state index in [2.05, 4.69) is 10.6 Å². The Morgan fingerprint density at radius 1 is 1.18 bits per heavy atom. The van der Waals surface area contributed by atoms with Gasteiger partial charge in [-0.15, -0.1) is 0 Å². The molecule has 0 unspecified atom stereocenters. The van der Waals surface area contributed by atoms with E-state index in [4.69, 9.17) is 5.11 Å². The lowest BCUT2D eigenvalue weighted by Gasteiger charge is -2.16. The second-order valence-corrected chi connectivity index (χ2v) is 5.27. The zero-order valence-electron chi connectivity index (χ0n) is 11.7. The first-order chi connectivity index (χ1) is 10.4. The molecular formula is C14H18F2N2O4. The van der Waals surface area contributed by atoms with Gasteiger partial charge in [-0.2, -0.15) is 0 Å². The third-order valence-electron chi connectivity index (χ3n) is 3.67. The van der Waals surface area contributed by atoms with Gasteiger partial charge in [0.05, 0.1) is 37.3 Å². The molecule has 1 fully saturated rings. The quantitative estimate of drug-likeness (QED) is 0.464. The number of benzene rings is 1. The third-order valence-corrected chi connectivity index (χ3v) is 3.67. The molecule has 0 spiro atoms. The van der Waals surface area contributed by atoms with Gasteiger partial charge in [0.15, 0.2) is 11.6 Å². The van der Waals surface area contributed by atoms with Crippen molar-refractivity contribution >= 4 is 5.91 Å². The third kappa shape index (κ3) is 3.77. The highest BCUT2D eigenvalue weighted by Gasteiger charge is 2.40. The lowest BCUT2D eigenvalue weighted by Crippen LogP contribution is -2.44. The number of aliphatic hydroxyl groups is 3. The summed E-state index contributed by atoms with van der Waals surface area (Å²) < 4.78 is 25.8. The molecule has 1 saturated heterocycles. The van der Waals surface area contributed by atoms with Gasteiger partial charge in [-0.1, -0.05) is 6.07 Å². The fourth-order valence-electron chi connectivity index (χ4n) is 2.41. The van der Waals surface area contributed by atoms with Gasteiger partial charge in [-0.25, -0.2) is 8.78 Å². The summed E-state index contributed by atoms with van der Waals surface area (Å²) in [7, 11) is 0. The lowest BCUT2D eigenvalue weighted by atomic mass is 10.1. The van der Waals surface area contributed by atoms with Crippen molar-refractivity contribution in [1.29, 1.82) is 0 Å². The van der Waals surface area contributed by atoms with Crippen molar-refractivity contribution in [3.8, 4) is 0 Å². The number of nitrogens with one attached hydrogen (secondary N) is 2. The summed E-state index contributed by atoms with van der Waals surface area (Å²) >= 11 is 0. The summed E-state index contributed by atoms with van der Waals surface area (Å²) in [5, 5.41) is 33.7. The molecule has 0 aromatic heterocycles.